The van der Waals surface area contributed by atoms with Gasteiger partial charge in [0.1, 0.15) is 10.3 Å². The van der Waals surface area contributed by atoms with Gasteiger partial charge in [-0.2, -0.15) is 0 Å². The number of ether oxygens (including phenoxy) is 3. The lowest BCUT2D eigenvalue weighted by atomic mass is 10.0. The highest BCUT2D eigenvalue weighted by Gasteiger charge is 2.37. The molecule has 0 aromatic carbocycles. The minimum Gasteiger partial charge on any atom is -0.460 e. The average molecular weight is 483 g/mol. The van der Waals surface area contributed by atoms with Crippen molar-refractivity contribution >= 4 is 44.6 Å². The Bertz CT molecular complexity index is 899. The van der Waals surface area contributed by atoms with Crippen molar-refractivity contribution in [1.29, 1.82) is 0 Å². The van der Waals surface area contributed by atoms with E-state index in [4.69, 9.17) is 18.6 Å². The number of esters is 1. The number of nitrogens with zero attached hydrogens (tertiary/aromatic N) is 2. The number of carbonyl (C=O) groups is 2. The van der Waals surface area contributed by atoms with Crippen molar-refractivity contribution in [3.63, 3.8) is 0 Å². The molecule has 2 aromatic rings. The largest absolute Gasteiger partial charge is 0.460 e. The zero-order valence-electron chi connectivity index (χ0n) is 17.5. The summed E-state index contributed by atoms with van der Waals surface area (Å²) in [4.78, 5) is 31.6. The molecule has 1 fully saturated rings. The Balaban J connectivity index is 2.18. The molecule has 0 saturated carbocycles. The van der Waals surface area contributed by atoms with Crippen LogP contribution in [0.5, 0.6) is 0 Å². The molecular formula is C21H27BrN2O6. The maximum Gasteiger partial charge on any atom is 0.414 e. The molecular weight excluding hydrogens is 456 g/mol. The molecule has 2 aromatic heterocycles. The van der Waals surface area contributed by atoms with E-state index >= 15 is 0 Å². The van der Waals surface area contributed by atoms with Gasteiger partial charge in [0.25, 0.3) is 0 Å². The first-order valence-corrected chi connectivity index (χ1v) is 11.1. The first-order chi connectivity index (χ1) is 14.5. The summed E-state index contributed by atoms with van der Waals surface area (Å²) >= 11 is 3.37. The Kier molecular flexibility index (Phi) is 7.71. The van der Waals surface area contributed by atoms with E-state index < -0.39 is 12.1 Å². The van der Waals surface area contributed by atoms with Gasteiger partial charge >= 0.3 is 12.1 Å². The highest BCUT2D eigenvalue weighted by atomic mass is 79.9. The number of amides is 1. The number of furan rings is 1. The van der Waals surface area contributed by atoms with Crippen molar-refractivity contribution in [3.8, 4) is 0 Å². The minimum absolute atomic E-state index is 0.0204. The minimum atomic E-state index is -0.633. The van der Waals surface area contributed by atoms with Crippen molar-refractivity contribution in [2.45, 2.75) is 58.6 Å². The normalized spacial score (nSPS) is 19.3. The molecule has 164 valence electrons. The topological polar surface area (TPSA) is 91.1 Å². The number of rotatable bonds is 6. The fourth-order valence-corrected chi connectivity index (χ4v) is 4.06. The van der Waals surface area contributed by atoms with Crippen LogP contribution in [0.15, 0.2) is 21.3 Å². The lowest BCUT2D eigenvalue weighted by Gasteiger charge is -2.31. The Morgan fingerprint density at radius 2 is 2.03 bits per heavy atom. The van der Waals surface area contributed by atoms with Crippen LogP contribution < -0.4 is 4.90 Å². The van der Waals surface area contributed by atoms with Crippen LogP contribution in [0.1, 0.15) is 57.0 Å². The van der Waals surface area contributed by atoms with Gasteiger partial charge < -0.3 is 18.6 Å². The van der Waals surface area contributed by atoms with Gasteiger partial charge in [-0.25, -0.2) is 14.6 Å². The molecule has 30 heavy (non-hydrogen) atoms. The molecule has 9 heteroatoms. The molecule has 0 N–H and O–H groups in total. The van der Waals surface area contributed by atoms with E-state index in [1.54, 1.807) is 24.8 Å². The second-order valence-electron chi connectivity index (χ2n) is 7.01. The number of halogens is 1. The molecule has 8 nitrogen and oxygen atoms in total. The van der Waals surface area contributed by atoms with E-state index in [2.05, 4.69) is 27.8 Å². The predicted octanol–water partition coefficient (Wildman–Crippen LogP) is 5.08. The lowest BCUT2D eigenvalue weighted by Crippen LogP contribution is -2.43. The van der Waals surface area contributed by atoms with E-state index in [-0.39, 0.29) is 31.1 Å². The average Bonchev–Trinajstić information content (AvgIpc) is 2.92. The predicted molar refractivity (Wildman–Crippen MR) is 115 cm³/mol. The zero-order chi connectivity index (χ0) is 21.7. The molecule has 1 aliphatic heterocycles. The van der Waals surface area contributed by atoms with Crippen LogP contribution in [0.3, 0.4) is 0 Å². The number of pyridine rings is 1. The van der Waals surface area contributed by atoms with Crippen molar-refractivity contribution in [2.24, 2.45) is 0 Å². The van der Waals surface area contributed by atoms with Crippen LogP contribution in [-0.4, -0.2) is 49.0 Å². The summed E-state index contributed by atoms with van der Waals surface area (Å²) in [6, 6.07) is 1.52. The Morgan fingerprint density at radius 3 is 2.73 bits per heavy atom. The van der Waals surface area contributed by atoms with Crippen LogP contribution in [0.25, 0.3) is 11.0 Å². The van der Waals surface area contributed by atoms with Gasteiger partial charge in [-0.1, -0.05) is 6.92 Å². The third-order valence-electron chi connectivity index (χ3n) is 5.07. The molecule has 1 saturated heterocycles. The molecule has 3 heterocycles. The second-order valence-corrected chi connectivity index (χ2v) is 7.82. The third-order valence-corrected chi connectivity index (χ3v) is 5.51. The quantitative estimate of drug-likeness (QED) is 0.418. The van der Waals surface area contributed by atoms with Crippen LogP contribution in [0.4, 0.5) is 10.5 Å². The highest BCUT2D eigenvalue weighted by molar-refractivity contribution is 9.10. The second kappa shape index (κ2) is 10.3. The van der Waals surface area contributed by atoms with Crippen LogP contribution in [0, 0.1) is 0 Å². The molecule has 0 radical (unpaired) electrons. The molecule has 2 unspecified atom stereocenters. The van der Waals surface area contributed by atoms with Gasteiger partial charge in [0, 0.05) is 18.0 Å². The summed E-state index contributed by atoms with van der Waals surface area (Å²) < 4.78 is 22.9. The Morgan fingerprint density at radius 1 is 1.27 bits per heavy atom. The van der Waals surface area contributed by atoms with E-state index in [1.807, 2.05) is 0 Å². The molecule has 0 bridgehead atoms. The first kappa shape index (κ1) is 22.6. The van der Waals surface area contributed by atoms with E-state index in [9.17, 15) is 9.59 Å². The lowest BCUT2D eigenvalue weighted by molar-refractivity contribution is 0.0493. The van der Waals surface area contributed by atoms with E-state index in [1.165, 1.54) is 6.20 Å². The van der Waals surface area contributed by atoms with Crippen LogP contribution >= 0.6 is 15.9 Å². The SMILES string of the molecule is CCOC(=O)c1oc2cnc(Br)cc2c1N(C(=O)OCC)C1CCCOC(CC)C1. The van der Waals surface area contributed by atoms with Crippen molar-refractivity contribution in [1.82, 2.24) is 4.98 Å². The van der Waals surface area contributed by atoms with Crippen molar-refractivity contribution in [2.75, 3.05) is 24.7 Å². The Hall–Kier alpha value is -2.13. The van der Waals surface area contributed by atoms with E-state index in [0.29, 0.717) is 34.3 Å². The number of fused-ring (bicyclic) bond motifs is 1. The number of carbonyl (C=O) groups excluding carboxylic acids is 2. The van der Waals surface area contributed by atoms with Crippen LogP contribution in [0.2, 0.25) is 0 Å². The molecule has 1 aliphatic rings. The monoisotopic (exact) mass is 482 g/mol. The summed E-state index contributed by atoms with van der Waals surface area (Å²) in [5.74, 6) is -0.663. The smallest absolute Gasteiger partial charge is 0.414 e. The Labute approximate surface area is 184 Å². The molecule has 0 spiro atoms. The van der Waals surface area contributed by atoms with Crippen molar-refractivity contribution in [3.05, 3.63) is 22.6 Å². The van der Waals surface area contributed by atoms with Crippen molar-refractivity contribution < 1.29 is 28.2 Å². The molecule has 0 aliphatic carbocycles. The molecule has 3 rings (SSSR count). The summed E-state index contributed by atoms with van der Waals surface area (Å²) in [5, 5.41) is 0.589. The third kappa shape index (κ3) is 4.78. The summed E-state index contributed by atoms with van der Waals surface area (Å²) in [6.45, 7) is 6.56. The number of hydrogen-bond acceptors (Lipinski definition) is 7. The zero-order valence-corrected chi connectivity index (χ0v) is 19.1. The number of anilines is 1. The fraction of sp³-hybridized carbons (Fsp3) is 0.571. The highest BCUT2D eigenvalue weighted by Crippen LogP contribution is 2.39. The van der Waals surface area contributed by atoms with E-state index in [0.717, 1.165) is 19.3 Å². The number of hydrogen-bond donors (Lipinski definition) is 0. The standard InChI is InChI=1S/C21H27BrN2O6/c1-4-14-10-13(8-7-9-29-14)24(21(26)28-6-3)18-15-11-17(22)23-12-16(15)30-19(18)20(25)27-5-2/h11-14H,4-10H2,1-3H3. The first-order valence-electron chi connectivity index (χ1n) is 10.3. The van der Waals surface area contributed by atoms with Gasteiger partial charge in [-0.05, 0) is 61.5 Å². The van der Waals surface area contributed by atoms with Gasteiger partial charge in [0.05, 0.1) is 25.5 Å². The molecule has 1 amide bonds. The van der Waals surface area contributed by atoms with Crippen LogP contribution in [-0.2, 0) is 14.2 Å². The maximum atomic E-state index is 13.2. The summed E-state index contributed by atoms with van der Waals surface area (Å²) in [5.41, 5.74) is 0.745. The van der Waals surface area contributed by atoms with Gasteiger partial charge in [0.15, 0.2) is 5.58 Å². The van der Waals surface area contributed by atoms with Gasteiger partial charge in [-0.3, -0.25) is 4.90 Å². The number of aromatic nitrogens is 1. The molecule has 2 atom stereocenters. The summed E-state index contributed by atoms with van der Waals surface area (Å²) in [6.07, 6.45) is 3.99. The summed E-state index contributed by atoms with van der Waals surface area (Å²) in [7, 11) is 0. The fourth-order valence-electron chi connectivity index (χ4n) is 3.73. The van der Waals surface area contributed by atoms with Gasteiger partial charge in [0.2, 0.25) is 5.76 Å². The van der Waals surface area contributed by atoms with Gasteiger partial charge in [-0.15, -0.1) is 0 Å². The maximum absolute atomic E-state index is 13.2.